The van der Waals surface area contributed by atoms with Crippen LogP contribution in [0, 0.1) is 12.7 Å². The average Bonchev–Trinajstić information content (AvgIpc) is 2.34. The highest BCUT2D eigenvalue weighted by Gasteiger charge is 2.06. The van der Waals surface area contributed by atoms with Crippen LogP contribution in [0.4, 0.5) is 15.8 Å². The van der Waals surface area contributed by atoms with E-state index in [2.05, 4.69) is 10.3 Å². The van der Waals surface area contributed by atoms with Gasteiger partial charge in [-0.15, -0.1) is 0 Å². The third-order valence-corrected chi connectivity index (χ3v) is 2.84. The fourth-order valence-corrected chi connectivity index (χ4v) is 1.69. The van der Waals surface area contributed by atoms with E-state index in [4.69, 9.17) is 17.3 Å². The van der Waals surface area contributed by atoms with E-state index in [0.717, 1.165) is 11.3 Å². The lowest BCUT2D eigenvalue weighted by atomic mass is 10.2. The van der Waals surface area contributed by atoms with Crippen molar-refractivity contribution in [1.82, 2.24) is 4.98 Å². The lowest BCUT2D eigenvalue weighted by molar-refractivity contribution is 0.629. The Kier molecular flexibility index (Phi) is 3.67. The molecule has 3 N–H and O–H groups in total. The summed E-state index contributed by atoms with van der Waals surface area (Å²) in [4.78, 5) is 4.18. The van der Waals surface area contributed by atoms with Crippen molar-refractivity contribution in [1.29, 1.82) is 0 Å². The van der Waals surface area contributed by atoms with Crippen LogP contribution < -0.4 is 11.1 Å². The third kappa shape index (κ3) is 2.90. The lowest BCUT2D eigenvalue weighted by Crippen LogP contribution is -2.03. The van der Waals surface area contributed by atoms with Gasteiger partial charge in [0.05, 0.1) is 16.4 Å². The molecule has 2 rings (SSSR count). The molecule has 2 aromatic rings. The van der Waals surface area contributed by atoms with Gasteiger partial charge in [0.1, 0.15) is 5.82 Å². The Labute approximate surface area is 110 Å². The van der Waals surface area contributed by atoms with Crippen LogP contribution in [0.15, 0.2) is 30.5 Å². The first kappa shape index (κ1) is 12.6. The minimum Gasteiger partial charge on any atom is -0.397 e. The van der Waals surface area contributed by atoms with Crippen molar-refractivity contribution in [2.45, 2.75) is 13.5 Å². The Balaban J connectivity index is 2.10. The van der Waals surface area contributed by atoms with Gasteiger partial charge in [-0.3, -0.25) is 4.98 Å². The molecule has 3 nitrogen and oxygen atoms in total. The second-order valence-corrected chi connectivity index (χ2v) is 4.42. The predicted molar refractivity (Wildman–Crippen MR) is 72.1 cm³/mol. The minimum atomic E-state index is -0.490. The van der Waals surface area contributed by atoms with Crippen LogP contribution in [-0.4, -0.2) is 4.98 Å². The number of aromatic nitrogens is 1. The summed E-state index contributed by atoms with van der Waals surface area (Å²) in [7, 11) is 0. The number of rotatable bonds is 3. The SMILES string of the molecule is Cc1ccc(CNc2cc(F)c(Cl)cc2N)cn1. The number of pyridine rings is 1. The van der Waals surface area contributed by atoms with Gasteiger partial charge in [-0.1, -0.05) is 17.7 Å². The number of hydrogen-bond donors (Lipinski definition) is 2. The minimum absolute atomic E-state index is 0.0232. The number of hydrogen-bond acceptors (Lipinski definition) is 3. The van der Waals surface area contributed by atoms with E-state index >= 15 is 0 Å². The zero-order valence-corrected chi connectivity index (χ0v) is 10.6. The fraction of sp³-hybridized carbons (Fsp3) is 0.154. The first-order valence-electron chi connectivity index (χ1n) is 5.46. The highest BCUT2D eigenvalue weighted by Crippen LogP contribution is 2.26. The Morgan fingerprint density at radius 3 is 2.83 bits per heavy atom. The van der Waals surface area contributed by atoms with Crippen LogP contribution in [0.5, 0.6) is 0 Å². The molecule has 1 aromatic heterocycles. The maximum Gasteiger partial charge on any atom is 0.143 e. The monoisotopic (exact) mass is 265 g/mol. The Bertz CT molecular complexity index is 555. The summed E-state index contributed by atoms with van der Waals surface area (Å²) in [5, 5.41) is 3.08. The van der Waals surface area contributed by atoms with Gasteiger partial charge in [-0.2, -0.15) is 0 Å². The van der Waals surface area contributed by atoms with Gasteiger partial charge in [0.2, 0.25) is 0 Å². The molecule has 1 aromatic carbocycles. The van der Waals surface area contributed by atoms with E-state index in [0.29, 0.717) is 17.9 Å². The number of benzene rings is 1. The van der Waals surface area contributed by atoms with Crippen molar-refractivity contribution >= 4 is 23.0 Å². The van der Waals surface area contributed by atoms with Crippen molar-refractivity contribution < 1.29 is 4.39 Å². The van der Waals surface area contributed by atoms with Crippen LogP contribution in [-0.2, 0) is 6.54 Å². The fourth-order valence-electron chi connectivity index (χ4n) is 1.52. The number of anilines is 2. The molecule has 0 bridgehead atoms. The van der Waals surface area contributed by atoms with E-state index in [-0.39, 0.29) is 5.02 Å². The Morgan fingerprint density at radius 1 is 1.39 bits per heavy atom. The molecule has 94 valence electrons. The molecular formula is C13H13ClFN3. The number of nitrogens with two attached hydrogens (primary N) is 1. The quantitative estimate of drug-likeness (QED) is 0.837. The average molecular weight is 266 g/mol. The molecule has 18 heavy (non-hydrogen) atoms. The molecule has 5 heteroatoms. The number of nitrogens with zero attached hydrogens (tertiary/aromatic N) is 1. The second-order valence-electron chi connectivity index (χ2n) is 4.01. The van der Waals surface area contributed by atoms with Crippen molar-refractivity contribution in [2.24, 2.45) is 0 Å². The van der Waals surface area contributed by atoms with Crippen LogP contribution in [0.3, 0.4) is 0 Å². The highest BCUT2D eigenvalue weighted by molar-refractivity contribution is 6.31. The van der Waals surface area contributed by atoms with E-state index in [1.165, 1.54) is 12.1 Å². The van der Waals surface area contributed by atoms with E-state index in [1.807, 2.05) is 19.1 Å². The molecule has 0 unspecified atom stereocenters. The van der Waals surface area contributed by atoms with Crippen LogP contribution in [0.25, 0.3) is 0 Å². The zero-order valence-electron chi connectivity index (χ0n) is 9.87. The molecule has 0 fully saturated rings. The zero-order chi connectivity index (χ0) is 13.1. The summed E-state index contributed by atoms with van der Waals surface area (Å²) in [6, 6.07) is 6.56. The number of nitrogens with one attached hydrogen (secondary N) is 1. The first-order valence-corrected chi connectivity index (χ1v) is 5.84. The van der Waals surface area contributed by atoms with Crippen molar-refractivity contribution in [3.8, 4) is 0 Å². The van der Waals surface area contributed by atoms with Crippen molar-refractivity contribution in [3.63, 3.8) is 0 Å². The molecule has 0 aliphatic rings. The molecule has 0 aliphatic heterocycles. The van der Waals surface area contributed by atoms with Gasteiger partial charge in [-0.25, -0.2) is 4.39 Å². The van der Waals surface area contributed by atoms with Gasteiger partial charge < -0.3 is 11.1 Å². The molecule has 1 heterocycles. The second kappa shape index (κ2) is 5.23. The normalized spacial score (nSPS) is 10.4. The van der Waals surface area contributed by atoms with Gasteiger partial charge >= 0.3 is 0 Å². The van der Waals surface area contributed by atoms with Crippen LogP contribution in [0.1, 0.15) is 11.3 Å². The summed E-state index contributed by atoms with van der Waals surface area (Å²) in [5.41, 5.74) is 8.64. The van der Waals surface area contributed by atoms with Gasteiger partial charge in [0, 0.05) is 24.5 Å². The molecular weight excluding hydrogens is 253 g/mol. The molecule has 0 atom stereocenters. The van der Waals surface area contributed by atoms with Gasteiger partial charge in [0.15, 0.2) is 0 Å². The molecule has 0 saturated heterocycles. The molecule has 0 radical (unpaired) electrons. The largest absolute Gasteiger partial charge is 0.397 e. The molecule has 0 spiro atoms. The maximum absolute atomic E-state index is 13.3. The summed E-state index contributed by atoms with van der Waals surface area (Å²) >= 11 is 5.63. The van der Waals surface area contributed by atoms with E-state index in [9.17, 15) is 4.39 Å². The Morgan fingerprint density at radius 2 is 2.17 bits per heavy atom. The summed E-state index contributed by atoms with van der Waals surface area (Å²) in [5.74, 6) is -0.490. The number of nitrogen functional groups attached to an aromatic ring is 1. The van der Waals surface area contributed by atoms with E-state index in [1.54, 1.807) is 6.20 Å². The van der Waals surface area contributed by atoms with Crippen molar-refractivity contribution in [3.05, 3.63) is 52.6 Å². The topological polar surface area (TPSA) is 50.9 Å². The summed E-state index contributed by atoms with van der Waals surface area (Å²) in [6.07, 6.45) is 1.77. The van der Waals surface area contributed by atoms with Crippen LogP contribution in [0.2, 0.25) is 5.02 Å². The summed E-state index contributed by atoms with van der Waals surface area (Å²) < 4.78 is 13.3. The van der Waals surface area contributed by atoms with E-state index < -0.39 is 5.82 Å². The van der Waals surface area contributed by atoms with Crippen LogP contribution >= 0.6 is 11.6 Å². The summed E-state index contributed by atoms with van der Waals surface area (Å²) in [6.45, 7) is 2.45. The standard InChI is InChI=1S/C13H13ClFN3/c1-8-2-3-9(6-17-8)7-18-13-5-11(15)10(14)4-12(13)16/h2-6,18H,7,16H2,1H3. The Hall–Kier alpha value is -1.81. The highest BCUT2D eigenvalue weighted by atomic mass is 35.5. The first-order chi connectivity index (χ1) is 8.56. The molecule has 0 aliphatic carbocycles. The lowest BCUT2D eigenvalue weighted by Gasteiger charge is -2.10. The maximum atomic E-state index is 13.3. The molecule has 0 saturated carbocycles. The van der Waals surface area contributed by atoms with Crippen molar-refractivity contribution in [2.75, 3.05) is 11.1 Å². The van der Waals surface area contributed by atoms with Gasteiger partial charge in [0.25, 0.3) is 0 Å². The third-order valence-electron chi connectivity index (χ3n) is 2.55. The number of aryl methyl sites for hydroxylation is 1. The smallest absolute Gasteiger partial charge is 0.143 e. The molecule has 0 amide bonds. The predicted octanol–water partition coefficient (Wildman–Crippen LogP) is 3.38. The number of halogens is 2. The van der Waals surface area contributed by atoms with Gasteiger partial charge in [-0.05, 0) is 24.6 Å².